The number of carbonyl (C=O) groups excluding carboxylic acids is 2. The van der Waals surface area contributed by atoms with Crippen LogP contribution in [0.5, 0.6) is 0 Å². The molecule has 0 aliphatic carbocycles. The van der Waals surface area contributed by atoms with E-state index in [1.165, 1.54) is 5.56 Å². The number of amides is 2. The summed E-state index contributed by atoms with van der Waals surface area (Å²) in [5, 5.41) is 5.57. The van der Waals surface area contributed by atoms with E-state index in [-0.39, 0.29) is 28.6 Å². The summed E-state index contributed by atoms with van der Waals surface area (Å²) in [7, 11) is 1.61. The lowest BCUT2D eigenvalue weighted by Crippen LogP contribution is -2.27. The molecular weight excluding hydrogens is 342 g/mol. The molecule has 2 N–H and O–H groups in total. The second kappa shape index (κ2) is 9.28. The molecule has 1 aromatic carbocycles. The van der Waals surface area contributed by atoms with E-state index in [1.54, 1.807) is 25.3 Å². The molecule has 0 unspecified atom stereocenters. The van der Waals surface area contributed by atoms with Gasteiger partial charge < -0.3 is 15.4 Å². The fourth-order valence-corrected chi connectivity index (χ4v) is 2.45. The number of nitrogens with zero attached hydrogens (tertiary/aromatic N) is 1. The van der Waals surface area contributed by atoms with Crippen LogP contribution in [-0.4, -0.2) is 37.1 Å². The molecule has 0 spiro atoms. The van der Waals surface area contributed by atoms with Gasteiger partial charge in [-0.2, -0.15) is 0 Å². The summed E-state index contributed by atoms with van der Waals surface area (Å²) in [5.74, 6) is -0.664. The predicted molar refractivity (Wildman–Crippen MR) is 106 cm³/mol. The van der Waals surface area contributed by atoms with Gasteiger partial charge in [-0.3, -0.25) is 9.59 Å². The molecule has 0 atom stereocenters. The van der Waals surface area contributed by atoms with Crippen LogP contribution in [0.15, 0.2) is 42.5 Å². The Bertz CT molecular complexity index is 780. The Morgan fingerprint density at radius 2 is 1.63 bits per heavy atom. The van der Waals surface area contributed by atoms with Crippen molar-refractivity contribution < 1.29 is 14.3 Å². The molecule has 1 aromatic heterocycles. The molecule has 1 heterocycles. The lowest BCUT2D eigenvalue weighted by atomic mass is 9.87. The summed E-state index contributed by atoms with van der Waals surface area (Å²) < 4.78 is 4.94. The Kier molecular flexibility index (Phi) is 7.07. The summed E-state index contributed by atoms with van der Waals surface area (Å²) in [6.07, 6.45) is 0.715. The standard InChI is InChI=1S/C21H27N3O3/c1-21(2,3)15-9-11-16(12-10-15)23-20(26)18-8-5-7-17(24-18)19(25)22-13-6-14-27-4/h5,7-12H,6,13-14H2,1-4H3,(H,22,25)(H,23,26). The van der Waals surface area contributed by atoms with Crippen molar-refractivity contribution in [3.8, 4) is 0 Å². The number of hydrogen-bond acceptors (Lipinski definition) is 4. The van der Waals surface area contributed by atoms with E-state index in [1.807, 2.05) is 24.3 Å². The summed E-state index contributed by atoms with van der Waals surface area (Å²) in [6, 6.07) is 12.5. The van der Waals surface area contributed by atoms with E-state index >= 15 is 0 Å². The molecule has 6 heteroatoms. The third kappa shape index (κ3) is 6.18. The number of pyridine rings is 1. The van der Waals surface area contributed by atoms with Gasteiger partial charge in [0, 0.05) is 25.9 Å². The van der Waals surface area contributed by atoms with E-state index < -0.39 is 0 Å². The Labute approximate surface area is 160 Å². The molecule has 0 aliphatic heterocycles. The molecule has 144 valence electrons. The Hall–Kier alpha value is -2.73. The quantitative estimate of drug-likeness (QED) is 0.733. The van der Waals surface area contributed by atoms with E-state index in [2.05, 4.69) is 36.4 Å². The van der Waals surface area contributed by atoms with Crippen molar-refractivity contribution in [2.24, 2.45) is 0 Å². The zero-order valence-electron chi connectivity index (χ0n) is 16.3. The van der Waals surface area contributed by atoms with Crippen LogP contribution in [0.4, 0.5) is 5.69 Å². The van der Waals surface area contributed by atoms with Crippen LogP contribution in [0, 0.1) is 0 Å². The molecule has 27 heavy (non-hydrogen) atoms. The minimum atomic E-state index is -0.354. The van der Waals surface area contributed by atoms with Gasteiger partial charge in [0.05, 0.1) is 0 Å². The van der Waals surface area contributed by atoms with E-state index in [0.717, 1.165) is 0 Å². The van der Waals surface area contributed by atoms with E-state index in [4.69, 9.17) is 4.74 Å². The Morgan fingerprint density at radius 1 is 1.00 bits per heavy atom. The maximum absolute atomic E-state index is 12.4. The number of methoxy groups -OCH3 is 1. The molecule has 0 radical (unpaired) electrons. The Balaban J connectivity index is 2.01. The van der Waals surface area contributed by atoms with E-state index in [0.29, 0.717) is 25.3 Å². The van der Waals surface area contributed by atoms with Crippen molar-refractivity contribution in [3.05, 3.63) is 59.4 Å². The Morgan fingerprint density at radius 3 is 2.22 bits per heavy atom. The fraction of sp³-hybridized carbons (Fsp3) is 0.381. The SMILES string of the molecule is COCCCNC(=O)c1cccc(C(=O)Nc2ccc(C(C)(C)C)cc2)n1. The largest absolute Gasteiger partial charge is 0.385 e. The van der Waals surface area contributed by atoms with Crippen LogP contribution in [-0.2, 0) is 10.2 Å². The number of aromatic nitrogens is 1. The third-order valence-corrected chi connectivity index (χ3v) is 4.03. The number of ether oxygens (including phenoxy) is 1. The van der Waals surface area contributed by atoms with Crippen LogP contribution in [0.1, 0.15) is 53.7 Å². The van der Waals surface area contributed by atoms with Crippen molar-refractivity contribution in [2.45, 2.75) is 32.6 Å². The molecule has 6 nitrogen and oxygen atoms in total. The molecule has 0 fully saturated rings. The highest BCUT2D eigenvalue weighted by atomic mass is 16.5. The first-order valence-electron chi connectivity index (χ1n) is 8.97. The van der Waals surface area contributed by atoms with E-state index in [9.17, 15) is 9.59 Å². The summed E-state index contributed by atoms with van der Waals surface area (Å²) in [6.45, 7) is 7.47. The van der Waals surface area contributed by atoms with Gasteiger partial charge in [0.25, 0.3) is 11.8 Å². The fourth-order valence-electron chi connectivity index (χ4n) is 2.45. The molecular formula is C21H27N3O3. The predicted octanol–water partition coefficient (Wildman–Crippen LogP) is 3.40. The number of nitrogens with one attached hydrogen (secondary N) is 2. The van der Waals surface area contributed by atoms with Gasteiger partial charge in [-0.15, -0.1) is 0 Å². The molecule has 0 saturated heterocycles. The van der Waals surface area contributed by atoms with Gasteiger partial charge in [0.2, 0.25) is 0 Å². The normalized spacial score (nSPS) is 11.1. The summed E-state index contributed by atoms with van der Waals surface area (Å²) in [4.78, 5) is 28.7. The maximum atomic E-state index is 12.4. The molecule has 0 aliphatic rings. The molecule has 0 bridgehead atoms. The van der Waals surface area contributed by atoms with Gasteiger partial charge in [-0.1, -0.05) is 39.0 Å². The minimum absolute atomic E-state index is 0.0506. The summed E-state index contributed by atoms with van der Waals surface area (Å²) in [5.41, 5.74) is 2.33. The van der Waals surface area contributed by atoms with Gasteiger partial charge >= 0.3 is 0 Å². The molecule has 2 amide bonds. The monoisotopic (exact) mass is 369 g/mol. The van der Waals surface area contributed by atoms with Crippen molar-refractivity contribution in [1.29, 1.82) is 0 Å². The van der Waals surface area contributed by atoms with Crippen LogP contribution < -0.4 is 10.6 Å². The van der Waals surface area contributed by atoms with Crippen molar-refractivity contribution in [3.63, 3.8) is 0 Å². The van der Waals surface area contributed by atoms with Gasteiger partial charge in [-0.25, -0.2) is 4.98 Å². The first-order valence-corrected chi connectivity index (χ1v) is 8.97. The third-order valence-electron chi connectivity index (χ3n) is 4.03. The lowest BCUT2D eigenvalue weighted by molar-refractivity contribution is 0.0943. The topological polar surface area (TPSA) is 80.3 Å². The first kappa shape index (κ1) is 20.6. The number of hydrogen-bond donors (Lipinski definition) is 2. The first-order chi connectivity index (χ1) is 12.8. The second-order valence-corrected chi connectivity index (χ2v) is 7.29. The zero-order chi connectivity index (χ0) is 19.9. The zero-order valence-corrected chi connectivity index (χ0v) is 16.3. The highest BCUT2D eigenvalue weighted by Gasteiger charge is 2.15. The number of rotatable bonds is 7. The molecule has 2 aromatic rings. The maximum Gasteiger partial charge on any atom is 0.274 e. The van der Waals surface area contributed by atoms with Crippen LogP contribution in [0.3, 0.4) is 0 Å². The average Bonchev–Trinajstić information content (AvgIpc) is 2.65. The molecule has 0 saturated carbocycles. The van der Waals surface area contributed by atoms with Gasteiger partial charge in [-0.05, 0) is 41.7 Å². The second-order valence-electron chi connectivity index (χ2n) is 7.29. The van der Waals surface area contributed by atoms with Crippen LogP contribution in [0.25, 0.3) is 0 Å². The highest BCUT2D eigenvalue weighted by Crippen LogP contribution is 2.23. The number of anilines is 1. The highest BCUT2D eigenvalue weighted by molar-refractivity contribution is 6.03. The number of benzene rings is 1. The van der Waals surface area contributed by atoms with Crippen LogP contribution in [0.2, 0.25) is 0 Å². The lowest BCUT2D eigenvalue weighted by Gasteiger charge is -2.19. The summed E-state index contributed by atoms with van der Waals surface area (Å²) >= 11 is 0. The van der Waals surface area contributed by atoms with Crippen molar-refractivity contribution in [1.82, 2.24) is 10.3 Å². The van der Waals surface area contributed by atoms with Gasteiger partial charge in [0.1, 0.15) is 11.4 Å². The minimum Gasteiger partial charge on any atom is -0.385 e. The van der Waals surface area contributed by atoms with Crippen LogP contribution >= 0.6 is 0 Å². The number of carbonyl (C=O) groups is 2. The van der Waals surface area contributed by atoms with Crippen molar-refractivity contribution in [2.75, 3.05) is 25.6 Å². The molecule has 2 rings (SSSR count). The van der Waals surface area contributed by atoms with Gasteiger partial charge in [0.15, 0.2) is 0 Å². The smallest absolute Gasteiger partial charge is 0.274 e. The average molecular weight is 369 g/mol. The van der Waals surface area contributed by atoms with Crippen molar-refractivity contribution >= 4 is 17.5 Å².